The van der Waals surface area contributed by atoms with E-state index in [4.69, 9.17) is 4.18 Å². The molecule has 206 valence electrons. The number of rotatable bonds is 17. The van der Waals surface area contributed by atoms with Crippen LogP contribution in [0.15, 0.2) is 41.3 Å². The Bertz CT molecular complexity index is 1050. The third-order valence-electron chi connectivity index (χ3n) is 6.64. The number of benzene rings is 2. The van der Waals surface area contributed by atoms with Crippen molar-refractivity contribution in [1.82, 2.24) is 4.90 Å². The van der Waals surface area contributed by atoms with Gasteiger partial charge in [-0.1, -0.05) is 86.8 Å². The topological polar surface area (TPSA) is 63.7 Å². The fraction of sp³-hybridized carbons (Fsp3) is 0.581. The smallest absolute Gasteiger partial charge is 0.296 e. The molecular formula is C31H47NO4S. The zero-order valence-corrected chi connectivity index (χ0v) is 24.5. The zero-order valence-electron chi connectivity index (χ0n) is 23.6. The van der Waals surface area contributed by atoms with Crippen molar-refractivity contribution >= 4 is 16.0 Å². The highest BCUT2D eigenvalue weighted by Gasteiger charge is 2.15. The molecular weight excluding hydrogens is 482 g/mol. The van der Waals surface area contributed by atoms with Crippen molar-refractivity contribution in [2.45, 2.75) is 110 Å². The van der Waals surface area contributed by atoms with Crippen molar-refractivity contribution < 1.29 is 17.4 Å². The van der Waals surface area contributed by atoms with Crippen molar-refractivity contribution in [3.63, 3.8) is 0 Å². The van der Waals surface area contributed by atoms with Crippen LogP contribution in [0.5, 0.6) is 0 Å². The maximum Gasteiger partial charge on any atom is 0.296 e. The first kappa shape index (κ1) is 31.0. The van der Waals surface area contributed by atoms with E-state index in [9.17, 15) is 13.2 Å². The van der Waals surface area contributed by atoms with E-state index < -0.39 is 10.1 Å². The van der Waals surface area contributed by atoms with Gasteiger partial charge in [0.25, 0.3) is 10.1 Å². The monoisotopic (exact) mass is 529 g/mol. The second-order valence-electron chi connectivity index (χ2n) is 10.6. The van der Waals surface area contributed by atoms with Gasteiger partial charge in [-0.15, -0.1) is 0 Å². The predicted octanol–water partition coefficient (Wildman–Crippen LogP) is 7.58. The van der Waals surface area contributed by atoms with Gasteiger partial charge in [0.05, 0.1) is 11.5 Å². The van der Waals surface area contributed by atoms with Crippen molar-refractivity contribution in [3.05, 3.63) is 64.2 Å². The van der Waals surface area contributed by atoms with Crippen LogP contribution in [0, 0.1) is 27.7 Å². The third kappa shape index (κ3) is 12.3. The number of carbonyl (C=O) groups is 1. The molecule has 0 spiro atoms. The molecule has 0 atom stereocenters. The minimum atomic E-state index is -3.67. The summed E-state index contributed by atoms with van der Waals surface area (Å²) >= 11 is 0. The molecule has 0 aromatic heterocycles. The van der Waals surface area contributed by atoms with Gasteiger partial charge in [0, 0.05) is 20.0 Å². The maximum atomic E-state index is 12.4. The fourth-order valence-corrected chi connectivity index (χ4v) is 6.00. The molecule has 0 bridgehead atoms. The largest absolute Gasteiger partial charge is 0.339 e. The maximum absolute atomic E-state index is 12.4. The number of hydrogen-bond donors (Lipinski definition) is 0. The summed E-state index contributed by atoms with van der Waals surface area (Å²) < 4.78 is 29.9. The quantitative estimate of drug-likeness (QED) is 0.157. The highest BCUT2D eigenvalue weighted by Crippen LogP contribution is 2.18. The molecule has 0 radical (unpaired) electrons. The standard InChI is InChI=1S/C31H47NO4S/c1-25-18-26(2)21-30(20-25)24-32(29(5)33)16-14-12-10-8-6-7-9-11-13-15-17-36-37(34,35)31-22-27(3)19-28(4)23-31/h18-23H,6-17,24H2,1-5H3. The highest BCUT2D eigenvalue weighted by molar-refractivity contribution is 7.86. The SMILES string of the molecule is CC(=O)N(CCCCCCCCCCCCOS(=O)(=O)c1cc(C)cc(C)c1)Cc1cc(C)cc(C)c1. The number of carbonyl (C=O) groups excluding carboxylic acids is 1. The molecule has 1 amide bonds. The molecule has 2 rings (SSSR count). The number of amides is 1. The Morgan fingerprint density at radius 1 is 0.676 bits per heavy atom. The summed E-state index contributed by atoms with van der Waals surface area (Å²) in [6, 6.07) is 11.8. The van der Waals surface area contributed by atoms with E-state index in [-0.39, 0.29) is 17.4 Å². The van der Waals surface area contributed by atoms with E-state index in [0.717, 1.165) is 49.8 Å². The molecule has 0 unspecified atom stereocenters. The second kappa shape index (κ2) is 15.9. The fourth-order valence-electron chi connectivity index (χ4n) is 4.86. The molecule has 5 nitrogen and oxygen atoms in total. The van der Waals surface area contributed by atoms with Crippen LogP contribution in [-0.4, -0.2) is 32.4 Å². The van der Waals surface area contributed by atoms with E-state index in [1.54, 1.807) is 19.1 Å². The molecule has 0 N–H and O–H groups in total. The van der Waals surface area contributed by atoms with Crippen molar-refractivity contribution in [2.24, 2.45) is 0 Å². The van der Waals surface area contributed by atoms with Crippen LogP contribution >= 0.6 is 0 Å². The molecule has 0 fully saturated rings. The minimum Gasteiger partial charge on any atom is -0.339 e. The Balaban J connectivity index is 1.49. The number of aryl methyl sites for hydroxylation is 4. The number of unbranched alkanes of at least 4 members (excludes halogenated alkanes) is 9. The van der Waals surface area contributed by atoms with Gasteiger partial charge in [0.1, 0.15) is 0 Å². The lowest BCUT2D eigenvalue weighted by Crippen LogP contribution is -2.29. The molecule has 37 heavy (non-hydrogen) atoms. The molecule has 0 aliphatic rings. The van der Waals surface area contributed by atoms with Gasteiger partial charge >= 0.3 is 0 Å². The van der Waals surface area contributed by atoms with Crippen molar-refractivity contribution in [2.75, 3.05) is 13.2 Å². The third-order valence-corrected chi connectivity index (χ3v) is 7.93. The summed E-state index contributed by atoms with van der Waals surface area (Å²) in [5.41, 5.74) is 5.55. The van der Waals surface area contributed by atoms with Crippen LogP contribution in [0.2, 0.25) is 0 Å². The Hall–Kier alpha value is -2.18. The summed E-state index contributed by atoms with van der Waals surface area (Å²) in [6.07, 6.45) is 11.1. The Morgan fingerprint density at radius 2 is 1.11 bits per heavy atom. The minimum absolute atomic E-state index is 0.146. The molecule has 0 aliphatic heterocycles. The Kier molecular flexibility index (Phi) is 13.4. The van der Waals surface area contributed by atoms with Crippen LogP contribution in [0.3, 0.4) is 0 Å². The number of nitrogens with zero attached hydrogens (tertiary/aromatic N) is 1. The van der Waals surface area contributed by atoms with Gasteiger partial charge in [0.2, 0.25) is 5.91 Å². The zero-order chi connectivity index (χ0) is 27.3. The molecule has 2 aromatic rings. The molecule has 0 aliphatic carbocycles. The Labute approximate surface area is 225 Å². The van der Waals surface area contributed by atoms with Gasteiger partial charge in [-0.05, 0) is 69.4 Å². The van der Waals surface area contributed by atoms with Crippen LogP contribution in [-0.2, 0) is 25.6 Å². The van der Waals surface area contributed by atoms with E-state index in [1.165, 1.54) is 48.8 Å². The van der Waals surface area contributed by atoms with Gasteiger partial charge in [-0.3, -0.25) is 8.98 Å². The van der Waals surface area contributed by atoms with E-state index in [1.807, 2.05) is 24.8 Å². The summed E-state index contributed by atoms with van der Waals surface area (Å²) in [5, 5.41) is 0. The Morgan fingerprint density at radius 3 is 1.59 bits per heavy atom. The average Bonchev–Trinajstić information content (AvgIpc) is 2.79. The van der Waals surface area contributed by atoms with Crippen LogP contribution in [0.25, 0.3) is 0 Å². The van der Waals surface area contributed by atoms with Crippen molar-refractivity contribution in [3.8, 4) is 0 Å². The summed E-state index contributed by atoms with van der Waals surface area (Å²) in [4.78, 5) is 14.3. The number of hydrogen-bond acceptors (Lipinski definition) is 4. The molecule has 0 saturated carbocycles. The van der Waals surface area contributed by atoms with E-state index in [0.29, 0.717) is 6.54 Å². The average molecular weight is 530 g/mol. The van der Waals surface area contributed by atoms with Gasteiger partial charge in [-0.2, -0.15) is 8.42 Å². The predicted molar refractivity (Wildman–Crippen MR) is 152 cm³/mol. The molecule has 2 aromatic carbocycles. The van der Waals surface area contributed by atoms with E-state index >= 15 is 0 Å². The second-order valence-corrected chi connectivity index (χ2v) is 12.2. The van der Waals surface area contributed by atoms with Gasteiger partial charge in [0.15, 0.2) is 0 Å². The first-order valence-electron chi connectivity index (χ1n) is 13.9. The first-order chi connectivity index (χ1) is 17.6. The van der Waals surface area contributed by atoms with Crippen LogP contribution in [0.4, 0.5) is 0 Å². The van der Waals surface area contributed by atoms with Gasteiger partial charge in [-0.25, -0.2) is 0 Å². The lowest BCUT2D eigenvalue weighted by molar-refractivity contribution is -0.129. The molecule has 0 heterocycles. The van der Waals surface area contributed by atoms with Crippen LogP contribution in [0.1, 0.15) is 98.9 Å². The lowest BCUT2D eigenvalue weighted by Gasteiger charge is -2.21. The van der Waals surface area contributed by atoms with Crippen LogP contribution < -0.4 is 0 Å². The van der Waals surface area contributed by atoms with E-state index in [2.05, 4.69) is 32.0 Å². The molecule has 6 heteroatoms. The summed E-state index contributed by atoms with van der Waals surface area (Å²) in [5.74, 6) is 0.146. The van der Waals surface area contributed by atoms with Gasteiger partial charge < -0.3 is 4.90 Å². The van der Waals surface area contributed by atoms with Crippen molar-refractivity contribution in [1.29, 1.82) is 0 Å². The summed E-state index contributed by atoms with van der Waals surface area (Å²) in [6.45, 7) is 11.4. The molecule has 0 saturated heterocycles. The summed E-state index contributed by atoms with van der Waals surface area (Å²) in [7, 11) is -3.67. The normalized spacial score (nSPS) is 11.6. The lowest BCUT2D eigenvalue weighted by atomic mass is 10.1. The first-order valence-corrected chi connectivity index (χ1v) is 15.3. The highest BCUT2D eigenvalue weighted by atomic mass is 32.2.